The predicted octanol–water partition coefficient (Wildman–Crippen LogP) is 2.40. The number of aryl methyl sites for hydroxylation is 1. The number of piperidine rings is 1. The fourth-order valence-electron chi connectivity index (χ4n) is 3.20. The Hall–Kier alpha value is -2.24. The van der Waals surface area contributed by atoms with Crippen molar-refractivity contribution in [3.63, 3.8) is 0 Å². The summed E-state index contributed by atoms with van der Waals surface area (Å²) in [5.74, 6) is 1.76. The third kappa shape index (κ3) is 5.64. The molecule has 1 aliphatic heterocycles. The molecular formula is C20H30N2O4. The van der Waals surface area contributed by atoms with Crippen LogP contribution in [0.2, 0.25) is 0 Å². The molecule has 1 aliphatic rings. The minimum Gasteiger partial charge on any atom is -0.497 e. The van der Waals surface area contributed by atoms with Crippen molar-refractivity contribution in [2.75, 3.05) is 33.9 Å². The van der Waals surface area contributed by atoms with Crippen LogP contribution in [0.5, 0.6) is 11.5 Å². The van der Waals surface area contributed by atoms with E-state index in [1.165, 1.54) is 0 Å². The van der Waals surface area contributed by atoms with Gasteiger partial charge in [-0.1, -0.05) is 6.92 Å². The van der Waals surface area contributed by atoms with E-state index in [1.807, 2.05) is 30.0 Å². The molecule has 6 nitrogen and oxygen atoms in total. The lowest BCUT2D eigenvalue weighted by atomic mass is 9.95. The van der Waals surface area contributed by atoms with E-state index in [0.717, 1.165) is 42.9 Å². The van der Waals surface area contributed by atoms with Gasteiger partial charge < -0.3 is 19.7 Å². The number of carbonyl (C=O) groups excluding carboxylic acids is 2. The van der Waals surface area contributed by atoms with Gasteiger partial charge in [0, 0.05) is 38.0 Å². The second-order valence-electron chi connectivity index (χ2n) is 6.67. The van der Waals surface area contributed by atoms with Gasteiger partial charge in [0.15, 0.2) is 0 Å². The van der Waals surface area contributed by atoms with Gasteiger partial charge in [-0.15, -0.1) is 0 Å². The Morgan fingerprint density at radius 1 is 1.12 bits per heavy atom. The average Bonchev–Trinajstić information content (AvgIpc) is 2.69. The Bertz CT molecular complexity index is 588. The van der Waals surface area contributed by atoms with Crippen LogP contribution >= 0.6 is 0 Å². The van der Waals surface area contributed by atoms with Gasteiger partial charge in [-0.25, -0.2) is 0 Å². The second kappa shape index (κ2) is 10.0. The fourth-order valence-corrected chi connectivity index (χ4v) is 3.20. The van der Waals surface area contributed by atoms with Gasteiger partial charge in [0.25, 0.3) is 0 Å². The maximum atomic E-state index is 12.5. The fraction of sp³-hybridized carbons (Fsp3) is 0.600. The normalized spacial score (nSPS) is 14.8. The Balaban J connectivity index is 1.81. The molecule has 1 fully saturated rings. The van der Waals surface area contributed by atoms with E-state index < -0.39 is 0 Å². The first-order chi connectivity index (χ1) is 12.6. The van der Waals surface area contributed by atoms with Gasteiger partial charge in [-0.05, 0) is 43.4 Å². The van der Waals surface area contributed by atoms with E-state index in [4.69, 9.17) is 9.47 Å². The number of hydrogen-bond donors (Lipinski definition) is 1. The monoisotopic (exact) mass is 362 g/mol. The van der Waals surface area contributed by atoms with Crippen molar-refractivity contribution in [1.29, 1.82) is 0 Å². The van der Waals surface area contributed by atoms with Gasteiger partial charge in [0.05, 0.1) is 14.2 Å². The van der Waals surface area contributed by atoms with Gasteiger partial charge in [0.1, 0.15) is 11.5 Å². The zero-order chi connectivity index (χ0) is 18.9. The molecule has 0 radical (unpaired) electrons. The zero-order valence-electron chi connectivity index (χ0n) is 16.0. The van der Waals surface area contributed by atoms with Crippen LogP contribution in [0.1, 0.15) is 38.2 Å². The molecule has 2 rings (SSSR count). The maximum Gasteiger partial charge on any atom is 0.223 e. The minimum absolute atomic E-state index is 0.0354. The molecule has 0 aromatic heterocycles. The number of nitrogens with one attached hydrogen (secondary N) is 1. The van der Waals surface area contributed by atoms with Crippen LogP contribution < -0.4 is 14.8 Å². The summed E-state index contributed by atoms with van der Waals surface area (Å²) in [5.41, 5.74) is 1.02. The molecule has 26 heavy (non-hydrogen) atoms. The minimum atomic E-state index is 0.0354. The van der Waals surface area contributed by atoms with E-state index in [1.54, 1.807) is 14.2 Å². The third-order valence-corrected chi connectivity index (χ3v) is 4.81. The molecule has 0 atom stereocenters. The standard InChI is InChI=1S/C20H30N2O4/c1-4-9-21-20(24)16-7-10-22(11-8-16)19(23)6-5-15-12-17(25-2)14-18(13-15)26-3/h12-14,16H,4-11H2,1-3H3,(H,21,24). The predicted molar refractivity (Wildman–Crippen MR) is 100 cm³/mol. The van der Waals surface area contributed by atoms with E-state index in [0.29, 0.717) is 25.9 Å². The van der Waals surface area contributed by atoms with Crippen LogP contribution in [0.3, 0.4) is 0 Å². The van der Waals surface area contributed by atoms with E-state index in [-0.39, 0.29) is 17.7 Å². The second-order valence-corrected chi connectivity index (χ2v) is 6.67. The van der Waals surface area contributed by atoms with Crippen LogP contribution in [0.15, 0.2) is 18.2 Å². The van der Waals surface area contributed by atoms with Gasteiger partial charge >= 0.3 is 0 Å². The highest BCUT2D eigenvalue weighted by atomic mass is 16.5. The Morgan fingerprint density at radius 2 is 1.73 bits per heavy atom. The molecule has 1 N–H and O–H groups in total. The zero-order valence-corrected chi connectivity index (χ0v) is 16.0. The number of benzene rings is 1. The highest BCUT2D eigenvalue weighted by Gasteiger charge is 2.26. The lowest BCUT2D eigenvalue weighted by Gasteiger charge is -2.31. The van der Waals surface area contributed by atoms with Crippen LogP contribution in [0.25, 0.3) is 0 Å². The number of likely N-dealkylation sites (tertiary alicyclic amines) is 1. The molecule has 2 amide bonds. The van der Waals surface area contributed by atoms with Crippen LogP contribution in [0.4, 0.5) is 0 Å². The van der Waals surface area contributed by atoms with Gasteiger partial charge in [0.2, 0.25) is 11.8 Å². The summed E-state index contributed by atoms with van der Waals surface area (Å²) >= 11 is 0. The van der Waals surface area contributed by atoms with E-state index >= 15 is 0 Å². The number of carbonyl (C=O) groups is 2. The molecule has 6 heteroatoms. The van der Waals surface area contributed by atoms with Crippen LogP contribution in [-0.2, 0) is 16.0 Å². The molecule has 1 aromatic rings. The number of amides is 2. The Labute approximate surface area is 155 Å². The molecule has 144 valence electrons. The largest absolute Gasteiger partial charge is 0.497 e. The van der Waals surface area contributed by atoms with Crippen LogP contribution in [0, 0.1) is 5.92 Å². The van der Waals surface area contributed by atoms with Crippen molar-refractivity contribution in [3.8, 4) is 11.5 Å². The van der Waals surface area contributed by atoms with Crippen molar-refractivity contribution in [1.82, 2.24) is 10.2 Å². The number of methoxy groups -OCH3 is 2. The van der Waals surface area contributed by atoms with Gasteiger partial charge in [-0.2, -0.15) is 0 Å². The summed E-state index contributed by atoms with van der Waals surface area (Å²) in [6.07, 6.45) is 3.52. The first-order valence-corrected chi connectivity index (χ1v) is 9.34. The maximum absolute atomic E-state index is 12.5. The van der Waals surface area contributed by atoms with E-state index in [2.05, 4.69) is 5.32 Å². The highest BCUT2D eigenvalue weighted by Crippen LogP contribution is 2.24. The summed E-state index contributed by atoms with van der Waals surface area (Å²) < 4.78 is 10.5. The lowest BCUT2D eigenvalue weighted by Crippen LogP contribution is -2.43. The summed E-state index contributed by atoms with van der Waals surface area (Å²) in [7, 11) is 3.23. The highest BCUT2D eigenvalue weighted by molar-refractivity contribution is 5.80. The molecule has 0 saturated carbocycles. The van der Waals surface area contributed by atoms with Crippen molar-refractivity contribution in [2.24, 2.45) is 5.92 Å². The Kier molecular flexibility index (Phi) is 7.75. The molecule has 0 spiro atoms. The summed E-state index contributed by atoms with van der Waals surface area (Å²) in [4.78, 5) is 26.4. The molecule has 1 saturated heterocycles. The molecule has 0 bridgehead atoms. The number of nitrogens with zero attached hydrogens (tertiary/aromatic N) is 1. The molecule has 1 aromatic carbocycles. The molecule has 0 unspecified atom stereocenters. The van der Waals surface area contributed by atoms with Crippen molar-refractivity contribution in [3.05, 3.63) is 23.8 Å². The SMILES string of the molecule is CCCNC(=O)C1CCN(C(=O)CCc2cc(OC)cc(OC)c2)CC1. The molecular weight excluding hydrogens is 332 g/mol. The first-order valence-electron chi connectivity index (χ1n) is 9.34. The average molecular weight is 362 g/mol. The smallest absolute Gasteiger partial charge is 0.223 e. The van der Waals surface area contributed by atoms with E-state index in [9.17, 15) is 9.59 Å². The van der Waals surface area contributed by atoms with Crippen molar-refractivity contribution in [2.45, 2.75) is 39.0 Å². The van der Waals surface area contributed by atoms with Crippen molar-refractivity contribution >= 4 is 11.8 Å². The summed E-state index contributed by atoms with van der Waals surface area (Å²) in [6.45, 7) is 4.08. The number of rotatable bonds is 8. The number of hydrogen-bond acceptors (Lipinski definition) is 4. The molecule has 1 heterocycles. The lowest BCUT2D eigenvalue weighted by molar-refractivity contribution is -0.135. The quantitative estimate of drug-likeness (QED) is 0.771. The summed E-state index contributed by atoms with van der Waals surface area (Å²) in [5, 5.41) is 2.95. The molecule has 0 aliphatic carbocycles. The number of ether oxygens (including phenoxy) is 2. The Morgan fingerprint density at radius 3 is 2.27 bits per heavy atom. The topological polar surface area (TPSA) is 67.9 Å². The first kappa shape index (κ1) is 20.1. The van der Waals surface area contributed by atoms with Gasteiger partial charge in [-0.3, -0.25) is 9.59 Å². The van der Waals surface area contributed by atoms with Crippen molar-refractivity contribution < 1.29 is 19.1 Å². The van der Waals surface area contributed by atoms with Crippen LogP contribution in [-0.4, -0.2) is 50.6 Å². The summed E-state index contributed by atoms with van der Waals surface area (Å²) in [6, 6.07) is 5.68. The third-order valence-electron chi connectivity index (χ3n) is 4.81.